The van der Waals surface area contributed by atoms with Crippen molar-refractivity contribution < 1.29 is 19.4 Å². The lowest BCUT2D eigenvalue weighted by atomic mass is 9.64. The Hall–Kier alpha value is -2.92. The van der Waals surface area contributed by atoms with Crippen LogP contribution in [0.2, 0.25) is 0 Å². The van der Waals surface area contributed by atoms with Crippen LogP contribution in [0, 0.1) is 5.92 Å². The average Bonchev–Trinajstić information content (AvgIpc) is 2.67. The topological polar surface area (TPSA) is 75.6 Å². The van der Waals surface area contributed by atoms with Crippen molar-refractivity contribution in [3.8, 4) is 5.75 Å². The zero-order chi connectivity index (χ0) is 21.2. The summed E-state index contributed by atoms with van der Waals surface area (Å²) in [6, 6.07) is 16.8. The molecule has 0 fully saturated rings. The van der Waals surface area contributed by atoms with Crippen molar-refractivity contribution in [1.82, 2.24) is 0 Å². The number of hydrogen-bond donors (Lipinski definition) is 2. The molecule has 0 spiro atoms. The number of aliphatic hydroxyl groups is 1. The first-order valence-electron chi connectivity index (χ1n) is 9.67. The van der Waals surface area contributed by atoms with E-state index in [-0.39, 0.29) is 18.0 Å². The van der Waals surface area contributed by atoms with Crippen molar-refractivity contribution in [2.24, 2.45) is 5.92 Å². The lowest BCUT2D eigenvalue weighted by molar-refractivity contribution is -0.131. The van der Waals surface area contributed by atoms with Crippen molar-refractivity contribution in [3.63, 3.8) is 0 Å². The summed E-state index contributed by atoms with van der Waals surface area (Å²) in [7, 11) is 1.58. The summed E-state index contributed by atoms with van der Waals surface area (Å²) in [5.74, 6) is -0.854. The molecule has 29 heavy (non-hydrogen) atoms. The van der Waals surface area contributed by atoms with Gasteiger partial charge < -0.3 is 15.2 Å². The molecule has 5 nitrogen and oxygen atoms in total. The quantitative estimate of drug-likeness (QED) is 0.773. The van der Waals surface area contributed by atoms with Crippen molar-refractivity contribution in [3.05, 3.63) is 71.4 Å². The fourth-order valence-corrected chi connectivity index (χ4v) is 4.36. The molecule has 0 aliphatic heterocycles. The molecule has 152 valence electrons. The van der Waals surface area contributed by atoms with Crippen LogP contribution >= 0.6 is 0 Å². The number of Topliss-reactive ketones (excluding diaryl/α,β-unsaturated/α-hetero) is 2. The van der Waals surface area contributed by atoms with Crippen LogP contribution < -0.4 is 10.1 Å². The number of carbonyl (C=O) groups excluding carboxylic acids is 2. The van der Waals surface area contributed by atoms with Crippen LogP contribution in [0.4, 0.5) is 5.69 Å². The Bertz CT molecular complexity index is 929. The molecule has 0 saturated heterocycles. The van der Waals surface area contributed by atoms with Crippen LogP contribution in [0.5, 0.6) is 5.75 Å². The molecule has 0 heterocycles. The third-order valence-electron chi connectivity index (χ3n) is 5.54. The van der Waals surface area contributed by atoms with Gasteiger partial charge in [0.05, 0.1) is 18.6 Å². The van der Waals surface area contributed by atoms with Gasteiger partial charge in [-0.3, -0.25) is 9.59 Å². The summed E-state index contributed by atoms with van der Waals surface area (Å²) in [6.45, 7) is 4.65. The van der Waals surface area contributed by atoms with Crippen molar-refractivity contribution >= 4 is 17.3 Å². The minimum Gasteiger partial charge on any atom is -0.497 e. The highest BCUT2D eigenvalue weighted by Crippen LogP contribution is 2.47. The minimum atomic E-state index is -1.30. The summed E-state index contributed by atoms with van der Waals surface area (Å²) in [5.41, 5.74) is 1.50. The van der Waals surface area contributed by atoms with Crippen LogP contribution in [-0.2, 0) is 9.59 Å². The smallest absolute Gasteiger partial charge is 0.158 e. The Morgan fingerprint density at radius 2 is 1.69 bits per heavy atom. The van der Waals surface area contributed by atoms with Gasteiger partial charge in [-0.2, -0.15) is 0 Å². The van der Waals surface area contributed by atoms with Gasteiger partial charge in [0.1, 0.15) is 11.5 Å². The van der Waals surface area contributed by atoms with Gasteiger partial charge in [-0.1, -0.05) is 30.3 Å². The Morgan fingerprint density at radius 3 is 2.21 bits per heavy atom. The second-order valence-corrected chi connectivity index (χ2v) is 7.81. The molecule has 0 aromatic heterocycles. The van der Waals surface area contributed by atoms with Gasteiger partial charge in [-0.15, -0.1) is 0 Å². The Balaban J connectivity index is 2.19. The number of rotatable bonds is 6. The second kappa shape index (κ2) is 8.21. The highest BCUT2D eigenvalue weighted by atomic mass is 16.5. The fraction of sp³-hybridized carbons (Fsp3) is 0.333. The van der Waals surface area contributed by atoms with E-state index in [9.17, 15) is 14.7 Å². The molecule has 3 rings (SSSR count). The zero-order valence-corrected chi connectivity index (χ0v) is 17.2. The number of para-hydroxylation sites is 1. The molecule has 2 aromatic carbocycles. The number of anilines is 1. The molecule has 2 N–H and O–H groups in total. The molecule has 2 aromatic rings. The monoisotopic (exact) mass is 393 g/mol. The van der Waals surface area contributed by atoms with Crippen LogP contribution in [0.3, 0.4) is 0 Å². The first-order chi connectivity index (χ1) is 13.7. The van der Waals surface area contributed by atoms with Crippen molar-refractivity contribution in [2.75, 3.05) is 12.4 Å². The normalized spacial score (nSPS) is 24.2. The highest BCUT2D eigenvalue weighted by Gasteiger charge is 2.49. The number of ketones is 2. The number of methoxy groups -OCH3 is 1. The first kappa shape index (κ1) is 20.8. The maximum Gasteiger partial charge on any atom is 0.158 e. The Labute approximate surface area is 171 Å². The van der Waals surface area contributed by atoms with Gasteiger partial charge in [-0.25, -0.2) is 0 Å². The molecule has 0 amide bonds. The summed E-state index contributed by atoms with van der Waals surface area (Å²) < 4.78 is 5.24. The number of allylic oxidation sites excluding steroid dienone is 1. The van der Waals surface area contributed by atoms with E-state index >= 15 is 0 Å². The molecule has 3 atom stereocenters. The zero-order valence-electron chi connectivity index (χ0n) is 17.2. The maximum absolute atomic E-state index is 12.8. The van der Waals surface area contributed by atoms with E-state index in [0.717, 1.165) is 11.3 Å². The number of hydrogen-bond acceptors (Lipinski definition) is 5. The van der Waals surface area contributed by atoms with Gasteiger partial charge in [0.25, 0.3) is 0 Å². The van der Waals surface area contributed by atoms with E-state index in [1.54, 1.807) is 26.2 Å². The van der Waals surface area contributed by atoms with Gasteiger partial charge in [-0.05, 0) is 50.6 Å². The van der Waals surface area contributed by atoms with Crippen molar-refractivity contribution in [1.29, 1.82) is 0 Å². The van der Waals surface area contributed by atoms with Gasteiger partial charge in [0.2, 0.25) is 0 Å². The lowest BCUT2D eigenvalue weighted by Gasteiger charge is -2.43. The van der Waals surface area contributed by atoms with Crippen LogP contribution in [0.15, 0.2) is 65.9 Å². The number of carbonyl (C=O) groups is 2. The maximum atomic E-state index is 12.8. The summed E-state index contributed by atoms with van der Waals surface area (Å²) >= 11 is 0. The largest absolute Gasteiger partial charge is 0.497 e. The second-order valence-electron chi connectivity index (χ2n) is 7.81. The first-order valence-corrected chi connectivity index (χ1v) is 9.67. The highest BCUT2D eigenvalue weighted by molar-refractivity contribution is 5.98. The van der Waals surface area contributed by atoms with E-state index in [0.29, 0.717) is 17.0 Å². The molecule has 5 heteroatoms. The summed E-state index contributed by atoms with van der Waals surface area (Å²) in [4.78, 5) is 25.4. The van der Waals surface area contributed by atoms with Gasteiger partial charge >= 0.3 is 0 Å². The van der Waals surface area contributed by atoms with E-state index < -0.39 is 17.4 Å². The van der Waals surface area contributed by atoms with Crippen LogP contribution in [0.25, 0.3) is 0 Å². The summed E-state index contributed by atoms with van der Waals surface area (Å²) in [6.07, 6.45) is 0.188. The van der Waals surface area contributed by atoms with E-state index in [4.69, 9.17) is 4.74 Å². The molecule has 0 saturated carbocycles. The van der Waals surface area contributed by atoms with Crippen LogP contribution in [0.1, 0.15) is 38.7 Å². The molecular formula is C24H27NO4. The van der Waals surface area contributed by atoms with E-state index in [1.807, 2.05) is 42.5 Å². The Kier molecular flexibility index (Phi) is 5.89. The fourth-order valence-electron chi connectivity index (χ4n) is 4.36. The minimum absolute atomic E-state index is 0.119. The predicted molar refractivity (Wildman–Crippen MR) is 113 cm³/mol. The summed E-state index contributed by atoms with van der Waals surface area (Å²) in [5, 5.41) is 14.6. The predicted octanol–water partition coefficient (Wildman–Crippen LogP) is 4.09. The molecule has 1 aliphatic carbocycles. The van der Waals surface area contributed by atoms with Gasteiger partial charge in [0, 0.05) is 29.3 Å². The number of benzene rings is 2. The van der Waals surface area contributed by atoms with Crippen molar-refractivity contribution in [2.45, 2.75) is 38.7 Å². The Morgan fingerprint density at radius 1 is 1.07 bits per heavy atom. The van der Waals surface area contributed by atoms with Gasteiger partial charge in [0.15, 0.2) is 5.78 Å². The number of nitrogens with one attached hydrogen (secondary N) is 1. The molecule has 0 radical (unpaired) electrons. The molecular weight excluding hydrogens is 366 g/mol. The molecule has 0 bridgehead atoms. The molecule has 0 unspecified atom stereocenters. The standard InChI is InChI=1S/C24H27NO4/c1-15(26)21-20(25-18-8-6-5-7-9-18)14-24(3,28)23(16(2)27)22(21)17-10-12-19(29-4)13-11-17/h5-13,22-23,25,28H,14H2,1-4H3/t22-,23-,24-/m1/s1. The molecule has 1 aliphatic rings. The lowest BCUT2D eigenvalue weighted by Crippen LogP contribution is -2.48. The van der Waals surface area contributed by atoms with E-state index in [1.165, 1.54) is 13.8 Å². The SMILES string of the molecule is COc1ccc([C@@H]2C(C(C)=O)=C(Nc3ccccc3)C[C@@](C)(O)[C@@H]2C(C)=O)cc1. The van der Waals surface area contributed by atoms with Crippen LogP contribution in [-0.4, -0.2) is 29.4 Å². The third-order valence-corrected chi connectivity index (χ3v) is 5.54. The number of ether oxygens (including phenoxy) is 1. The van der Waals surface area contributed by atoms with E-state index in [2.05, 4.69) is 5.32 Å². The third kappa shape index (κ3) is 4.25. The average molecular weight is 393 g/mol.